The van der Waals surface area contributed by atoms with Gasteiger partial charge in [-0.1, -0.05) is 28.1 Å². The van der Waals surface area contributed by atoms with Crippen LogP contribution in [0.25, 0.3) is 11.0 Å². The average molecular weight is 590 g/mol. The third-order valence-electron chi connectivity index (χ3n) is 4.74. The van der Waals surface area contributed by atoms with Crippen LogP contribution in [-0.2, 0) is 6.61 Å². The fourth-order valence-electron chi connectivity index (χ4n) is 3.11. The number of benzene rings is 3. The van der Waals surface area contributed by atoms with Gasteiger partial charge in [0.2, 0.25) is 0 Å². The summed E-state index contributed by atoms with van der Waals surface area (Å²) in [6.45, 7) is 2.56. The minimum absolute atomic E-state index is 0.156. The standard InChI is InChI=1S/C25H19Br2FN2O4/c1-2-32-22-11-17(20(27)12-23(22)33-14-15-3-6-19(28)7-4-15)13-29-30-25(31)24-10-16-9-18(26)5-8-21(16)34-24/h3-13H,2,14H2,1H3,(H,30,31)/b29-13+. The lowest BCUT2D eigenvalue weighted by Crippen LogP contribution is -2.16. The largest absolute Gasteiger partial charge is 0.490 e. The second-order valence-electron chi connectivity index (χ2n) is 7.16. The number of carbonyl (C=O) groups excluding carboxylic acids is 1. The van der Waals surface area contributed by atoms with Gasteiger partial charge in [-0.3, -0.25) is 4.79 Å². The Labute approximate surface area is 212 Å². The van der Waals surface area contributed by atoms with Gasteiger partial charge in [-0.2, -0.15) is 5.10 Å². The Morgan fingerprint density at radius 1 is 1.06 bits per heavy atom. The monoisotopic (exact) mass is 588 g/mol. The Kier molecular flexibility index (Phi) is 7.64. The van der Waals surface area contributed by atoms with E-state index in [0.717, 1.165) is 15.4 Å². The second-order valence-corrected chi connectivity index (χ2v) is 8.93. The number of hydrogen-bond donors (Lipinski definition) is 1. The zero-order valence-electron chi connectivity index (χ0n) is 18.0. The molecule has 0 saturated carbocycles. The molecule has 4 rings (SSSR count). The van der Waals surface area contributed by atoms with Crippen LogP contribution in [0.5, 0.6) is 11.5 Å². The van der Waals surface area contributed by atoms with Crippen LogP contribution < -0.4 is 14.9 Å². The molecule has 0 fully saturated rings. The van der Waals surface area contributed by atoms with Gasteiger partial charge < -0.3 is 13.9 Å². The molecule has 0 aliphatic carbocycles. The van der Waals surface area contributed by atoms with E-state index in [1.165, 1.54) is 18.3 Å². The first kappa shape index (κ1) is 24.0. The van der Waals surface area contributed by atoms with E-state index < -0.39 is 5.91 Å². The third kappa shape index (κ3) is 5.84. The van der Waals surface area contributed by atoms with Gasteiger partial charge in [-0.25, -0.2) is 9.82 Å². The van der Waals surface area contributed by atoms with Gasteiger partial charge in [-0.15, -0.1) is 0 Å². The Morgan fingerprint density at radius 3 is 2.59 bits per heavy atom. The maximum atomic E-state index is 13.1. The number of amides is 1. The van der Waals surface area contributed by atoms with Crippen molar-refractivity contribution in [3.05, 3.63) is 92.3 Å². The molecule has 174 valence electrons. The molecule has 1 amide bonds. The van der Waals surface area contributed by atoms with Crippen LogP contribution in [0.2, 0.25) is 0 Å². The van der Waals surface area contributed by atoms with Crippen molar-refractivity contribution in [1.82, 2.24) is 5.43 Å². The number of hydrazone groups is 1. The molecular formula is C25H19Br2FN2O4. The summed E-state index contributed by atoms with van der Waals surface area (Å²) in [5.41, 5.74) is 4.58. The first-order valence-corrected chi connectivity index (χ1v) is 11.9. The summed E-state index contributed by atoms with van der Waals surface area (Å²) >= 11 is 6.89. The Balaban J connectivity index is 1.46. The number of furan rings is 1. The van der Waals surface area contributed by atoms with Gasteiger partial charge in [0, 0.05) is 19.9 Å². The molecule has 0 radical (unpaired) electrons. The van der Waals surface area contributed by atoms with E-state index in [9.17, 15) is 9.18 Å². The molecule has 0 aliphatic rings. The summed E-state index contributed by atoms with van der Waals surface area (Å²) in [6, 6.07) is 16.7. The van der Waals surface area contributed by atoms with Gasteiger partial charge in [0.25, 0.3) is 0 Å². The highest BCUT2D eigenvalue weighted by Gasteiger charge is 2.13. The maximum absolute atomic E-state index is 13.1. The molecule has 9 heteroatoms. The molecule has 0 spiro atoms. The highest BCUT2D eigenvalue weighted by Crippen LogP contribution is 2.34. The smallest absolute Gasteiger partial charge is 0.307 e. The average Bonchev–Trinajstić information content (AvgIpc) is 3.24. The molecule has 6 nitrogen and oxygen atoms in total. The van der Waals surface area contributed by atoms with E-state index in [4.69, 9.17) is 13.9 Å². The molecule has 1 aromatic heterocycles. The van der Waals surface area contributed by atoms with Crippen molar-refractivity contribution in [1.29, 1.82) is 0 Å². The summed E-state index contributed by atoms with van der Waals surface area (Å²) in [4.78, 5) is 12.4. The molecule has 1 heterocycles. The van der Waals surface area contributed by atoms with Gasteiger partial charge in [0.05, 0.1) is 12.8 Å². The second kappa shape index (κ2) is 10.8. The van der Waals surface area contributed by atoms with Gasteiger partial charge >= 0.3 is 5.91 Å². The number of rotatable bonds is 8. The Bertz CT molecular complexity index is 1350. The van der Waals surface area contributed by atoms with Crippen LogP contribution in [0.3, 0.4) is 0 Å². The van der Waals surface area contributed by atoms with Crippen LogP contribution >= 0.6 is 31.9 Å². The lowest BCUT2D eigenvalue weighted by molar-refractivity contribution is 0.0929. The number of ether oxygens (including phenoxy) is 2. The summed E-state index contributed by atoms with van der Waals surface area (Å²) in [5.74, 6) is 0.426. The van der Waals surface area contributed by atoms with Crippen molar-refractivity contribution in [2.75, 3.05) is 6.61 Å². The van der Waals surface area contributed by atoms with Crippen molar-refractivity contribution in [3.8, 4) is 11.5 Å². The lowest BCUT2D eigenvalue weighted by atomic mass is 10.2. The predicted octanol–water partition coefficient (Wildman–Crippen LogP) is 6.84. The van der Waals surface area contributed by atoms with Crippen LogP contribution in [0, 0.1) is 5.82 Å². The van der Waals surface area contributed by atoms with Crippen molar-refractivity contribution >= 4 is 55.0 Å². The number of nitrogens with one attached hydrogen (secondary N) is 1. The summed E-state index contributed by atoms with van der Waals surface area (Å²) in [5, 5.41) is 4.85. The molecule has 4 aromatic rings. The minimum atomic E-state index is -0.469. The highest BCUT2D eigenvalue weighted by molar-refractivity contribution is 9.10. The summed E-state index contributed by atoms with van der Waals surface area (Å²) in [7, 11) is 0. The number of carbonyl (C=O) groups is 1. The van der Waals surface area contributed by atoms with E-state index >= 15 is 0 Å². The molecule has 0 saturated heterocycles. The topological polar surface area (TPSA) is 73.1 Å². The van der Waals surface area contributed by atoms with Crippen molar-refractivity contribution in [2.45, 2.75) is 13.5 Å². The number of fused-ring (bicyclic) bond motifs is 1. The molecule has 0 atom stereocenters. The minimum Gasteiger partial charge on any atom is -0.490 e. The Hall–Kier alpha value is -3.17. The first-order chi connectivity index (χ1) is 16.4. The summed E-state index contributed by atoms with van der Waals surface area (Å²) < 4.78 is 31.9. The quantitative estimate of drug-likeness (QED) is 0.180. The van der Waals surface area contributed by atoms with E-state index in [-0.39, 0.29) is 18.2 Å². The third-order valence-corrected chi connectivity index (χ3v) is 5.92. The van der Waals surface area contributed by atoms with Crippen LogP contribution in [-0.4, -0.2) is 18.7 Å². The van der Waals surface area contributed by atoms with Gasteiger partial charge in [0.15, 0.2) is 17.3 Å². The number of nitrogens with zero attached hydrogens (tertiary/aromatic N) is 1. The molecule has 3 aromatic carbocycles. The van der Waals surface area contributed by atoms with E-state index in [1.807, 2.05) is 19.1 Å². The number of hydrogen-bond acceptors (Lipinski definition) is 5. The molecule has 0 bridgehead atoms. The van der Waals surface area contributed by atoms with E-state index in [1.54, 1.807) is 36.4 Å². The van der Waals surface area contributed by atoms with Crippen molar-refractivity contribution < 1.29 is 23.1 Å². The predicted molar refractivity (Wildman–Crippen MR) is 135 cm³/mol. The van der Waals surface area contributed by atoms with Crippen molar-refractivity contribution in [2.24, 2.45) is 5.10 Å². The summed E-state index contributed by atoms with van der Waals surface area (Å²) in [6.07, 6.45) is 1.49. The van der Waals surface area contributed by atoms with E-state index in [2.05, 4.69) is 42.4 Å². The number of halogens is 3. The van der Waals surface area contributed by atoms with Crippen LogP contribution in [0.1, 0.15) is 28.6 Å². The normalized spacial score (nSPS) is 11.2. The zero-order valence-corrected chi connectivity index (χ0v) is 21.2. The molecule has 0 aliphatic heterocycles. The maximum Gasteiger partial charge on any atom is 0.307 e. The fraction of sp³-hybridized carbons (Fsp3) is 0.120. The zero-order chi connectivity index (χ0) is 24.1. The SMILES string of the molecule is CCOc1cc(/C=N/NC(=O)c2cc3cc(Br)ccc3o2)c(Br)cc1OCc1ccc(F)cc1. The van der Waals surface area contributed by atoms with Crippen LogP contribution in [0.4, 0.5) is 4.39 Å². The van der Waals surface area contributed by atoms with Gasteiger partial charge in [0.1, 0.15) is 18.0 Å². The fourth-order valence-corrected chi connectivity index (χ4v) is 3.92. The van der Waals surface area contributed by atoms with Crippen LogP contribution in [0.15, 0.2) is 79.1 Å². The van der Waals surface area contributed by atoms with Gasteiger partial charge in [-0.05, 0) is 76.9 Å². The molecule has 0 unspecified atom stereocenters. The first-order valence-electron chi connectivity index (χ1n) is 10.3. The Morgan fingerprint density at radius 2 is 1.82 bits per heavy atom. The lowest BCUT2D eigenvalue weighted by Gasteiger charge is -2.14. The molecule has 34 heavy (non-hydrogen) atoms. The van der Waals surface area contributed by atoms with E-state index in [0.29, 0.717) is 33.7 Å². The highest BCUT2D eigenvalue weighted by atomic mass is 79.9. The van der Waals surface area contributed by atoms with Crippen molar-refractivity contribution in [3.63, 3.8) is 0 Å². The molecule has 1 N–H and O–H groups in total. The molecular weight excluding hydrogens is 571 g/mol.